The summed E-state index contributed by atoms with van der Waals surface area (Å²) in [5.74, 6) is -3.31. The number of unbranched alkanes of at least 4 members (excludes halogenated alkanes) is 13. The molecule has 0 fully saturated rings. The van der Waals surface area contributed by atoms with Crippen molar-refractivity contribution in [2.75, 3.05) is 72.5 Å². The molecule has 0 aromatic carbocycles. The lowest BCUT2D eigenvalue weighted by atomic mass is 10.0. The van der Waals surface area contributed by atoms with Gasteiger partial charge < -0.3 is 55.2 Å². The summed E-state index contributed by atoms with van der Waals surface area (Å²) >= 11 is 0. The lowest BCUT2D eigenvalue weighted by Gasteiger charge is -2.14. The second-order valence-corrected chi connectivity index (χ2v) is 12.8. The van der Waals surface area contributed by atoms with Crippen molar-refractivity contribution in [3.63, 3.8) is 0 Å². The van der Waals surface area contributed by atoms with E-state index in [2.05, 4.69) is 21.3 Å². The highest BCUT2D eigenvalue weighted by Gasteiger charge is 2.20. The third-order valence-corrected chi connectivity index (χ3v) is 8.07. The van der Waals surface area contributed by atoms with Crippen LogP contribution >= 0.6 is 0 Å². The van der Waals surface area contributed by atoms with Crippen molar-refractivity contribution >= 4 is 41.9 Å². The minimum Gasteiger partial charge on any atom is -0.481 e. The number of amides is 4. The number of rotatable bonds is 40. The molecule has 1 atom stereocenters. The second-order valence-electron chi connectivity index (χ2n) is 12.8. The lowest BCUT2D eigenvalue weighted by molar-refractivity contribution is -0.142. The zero-order valence-electron chi connectivity index (χ0n) is 32.0. The van der Waals surface area contributed by atoms with Crippen LogP contribution in [0.3, 0.4) is 0 Å². The number of carboxylic acid groups (broad SMARTS) is 2. The van der Waals surface area contributed by atoms with Crippen LogP contribution in [-0.4, -0.2) is 131 Å². The van der Waals surface area contributed by atoms with Crippen LogP contribution in [0.15, 0.2) is 0 Å². The first-order chi connectivity index (χ1) is 26.1. The molecular weight excluding hydrogens is 708 g/mol. The molecule has 17 heteroatoms. The van der Waals surface area contributed by atoms with Crippen molar-refractivity contribution in [3.05, 3.63) is 0 Å². The molecular formula is C37H66N4O13. The van der Waals surface area contributed by atoms with Gasteiger partial charge in [0.05, 0.1) is 46.2 Å². The number of carbonyl (C=O) groups excluding carboxylic acids is 5. The predicted octanol–water partition coefficient (Wildman–Crippen LogP) is 2.28. The first kappa shape index (κ1) is 50.3. The van der Waals surface area contributed by atoms with Gasteiger partial charge in [-0.05, 0) is 19.3 Å². The molecule has 0 heterocycles. The van der Waals surface area contributed by atoms with Gasteiger partial charge in [0.25, 0.3) is 0 Å². The molecule has 0 unspecified atom stereocenters. The van der Waals surface area contributed by atoms with E-state index in [9.17, 15) is 38.7 Å². The molecule has 54 heavy (non-hydrogen) atoms. The third-order valence-electron chi connectivity index (χ3n) is 8.07. The van der Waals surface area contributed by atoms with Crippen LogP contribution in [0.2, 0.25) is 0 Å². The standard InChI is InChI=1S/C37H66N4O13/c42-22-19-38-34(45)29-53-27-26-52-24-21-40-35(46)30-54-28-25-51-23-20-39-32(43)18-17-31(37(49)50)41-33(44)15-13-11-9-7-5-3-1-2-4-6-8-10-12-14-16-36(47)48/h22,31H,1-21,23-30H2,(H,38,45)(H,39,43)(H,40,46)(H,41,44)(H,47,48)(H,49,50)/t31-/m0/s1. The molecule has 0 bridgehead atoms. The summed E-state index contributed by atoms with van der Waals surface area (Å²) in [6.45, 7) is 1.32. The topological polar surface area (TPSA) is 245 Å². The van der Waals surface area contributed by atoms with Crippen molar-refractivity contribution in [2.24, 2.45) is 0 Å². The van der Waals surface area contributed by atoms with E-state index in [0.717, 1.165) is 38.5 Å². The Morgan fingerprint density at radius 2 is 0.907 bits per heavy atom. The highest BCUT2D eigenvalue weighted by Crippen LogP contribution is 2.14. The second kappa shape index (κ2) is 37.6. The van der Waals surface area contributed by atoms with Crippen LogP contribution in [0.4, 0.5) is 0 Å². The van der Waals surface area contributed by atoms with Gasteiger partial charge in [-0.15, -0.1) is 0 Å². The summed E-state index contributed by atoms with van der Waals surface area (Å²) in [6, 6.07) is -1.14. The zero-order valence-corrected chi connectivity index (χ0v) is 32.0. The summed E-state index contributed by atoms with van der Waals surface area (Å²) in [5, 5.41) is 28.2. The van der Waals surface area contributed by atoms with Crippen molar-refractivity contribution in [3.8, 4) is 0 Å². The summed E-state index contributed by atoms with van der Waals surface area (Å²) in [4.78, 5) is 79.7. The van der Waals surface area contributed by atoms with E-state index in [1.165, 1.54) is 44.9 Å². The van der Waals surface area contributed by atoms with E-state index in [4.69, 9.17) is 24.1 Å². The van der Waals surface area contributed by atoms with Gasteiger partial charge in [0, 0.05) is 32.4 Å². The summed E-state index contributed by atoms with van der Waals surface area (Å²) in [7, 11) is 0. The smallest absolute Gasteiger partial charge is 0.326 e. The molecule has 0 aromatic rings. The van der Waals surface area contributed by atoms with Gasteiger partial charge in [-0.25, -0.2) is 4.79 Å². The maximum atomic E-state index is 12.3. The predicted molar refractivity (Wildman–Crippen MR) is 199 cm³/mol. The van der Waals surface area contributed by atoms with Gasteiger partial charge >= 0.3 is 11.9 Å². The van der Waals surface area contributed by atoms with E-state index in [1.807, 2.05) is 0 Å². The van der Waals surface area contributed by atoms with Gasteiger partial charge in [0.2, 0.25) is 23.6 Å². The van der Waals surface area contributed by atoms with Crippen LogP contribution < -0.4 is 21.3 Å². The minimum absolute atomic E-state index is 0.0265. The fourth-order valence-electron chi connectivity index (χ4n) is 5.12. The third kappa shape index (κ3) is 36.7. The first-order valence-corrected chi connectivity index (χ1v) is 19.4. The molecule has 0 aliphatic rings. The largest absolute Gasteiger partial charge is 0.481 e. The van der Waals surface area contributed by atoms with Gasteiger partial charge in [-0.2, -0.15) is 0 Å². The average Bonchev–Trinajstić information content (AvgIpc) is 3.14. The lowest BCUT2D eigenvalue weighted by Crippen LogP contribution is -2.41. The fourth-order valence-corrected chi connectivity index (χ4v) is 5.12. The molecule has 4 amide bonds. The van der Waals surface area contributed by atoms with Gasteiger partial charge in [-0.3, -0.25) is 24.0 Å². The quantitative estimate of drug-likeness (QED) is 0.0387. The summed E-state index contributed by atoms with van der Waals surface area (Å²) < 4.78 is 21.0. The van der Waals surface area contributed by atoms with E-state index in [0.29, 0.717) is 12.7 Å². The van der Waals surface area contributed by atoms with E-state index in [-0.39, 0.29) is 116 Å². The highest BCUT2D eigenvalue weighted by atomic mass is 16.5. The highest BCUT2D eigenvalue weighted by molar-refractivity contribution is 5.84. The van der Waals surface area contributed by atoms with Crippen LogP contribution in [0.25, 0.3) is 0 Å². The van der Waals surface area contributed by atoms with Crippen molar-refractivity contribution < 1.29 is 62.7 Å². The molecule has 0 rings (SSSR count). The van der Waals surface area contributed by atoms with E-state index in [1.54, 1.807) is 0 Å². The van der Waals surface area contributed by atoms with Crippen LogP contribution in [0.5, 0.6) is 0 Å². The number of aldehydes is 1. The molecule has 0 aliphatic heterocycles. The normalized spacial score (nSPS) is 11.4. The number of carboxylic acids is 2. The maximum absolute atomic E-state index is 12.3. The van der Waals surface area contributed by atoms with E-state index < -0.39 is 23.9 Å². The van der Waals surface area contributed by atoms with Crippen molar-refractivity contribution in [2.45, 2.75) is 122 Å². The molecule has 0 saturated carbocycles. The molecule has 0 saturated heterocycles. The monoisotopic (exact) mass is 774 g/mol. The summed E-state index contributed by atoms with van der Waals surface area (Å²) in [6.07, 6.45) is 16.1. The first-order valence-electron chi connectivity index (χ1n) is 19.4. The molecule has 0 radical (unpaired) electrons. The average molecular weight is 775 g/mol. The Morgan fingerprint density at radius 1 is 0.481 bits per heavy atom. The fraction of sp³-hybridized carbons (Fsp3) is 0.811. The van der Waals surface area contributed by atoms with Crippen molar-refractivity contribution in [1.82, 2.24) is 21.3 Å². The number of ether oxygens (including phenoxy) is 4. The van der Waals surface area contributed by atoms with E-state index >= 15 is 0 Å². The molecule has 0 spiro atoms. The number of hydrogen-bond donors (Lipinski definition) is 6. The molecule has 17 nitrogen and oxygen atoms in total. The molecule has 312 valence electrons. The zero-order chi connectivity index (χ0) is 39.9. The SMILES string of the molecule is O=CCNC(=O)COCCOCCNC(=O)COCCOCCNC(=O)CC[C@H](NC(=O)CCCCCCCCCCCCCCCCC(=O)O)C(=O)O. The Hall–Kier alpha value is -3.67. The molecule has 6 N–H and O–H groups in total. The van der Waals surface area contributed by atoms with Crippen LogP contribution in [-0.2, 0) is 52.5 Å². The number of aliphatic carboxylic acids is 2. The Labute approximate surface area is 319 Å². The number of nitrogens with one attached hydrogen (secondary N) is 4. The van der Waals surface area contributed by atoms with Crippen LogP contribution in [0, 0.1) is 0 Å². The van der Waals surface area contributed by atoms with Crippen LogP contribution in [0.1, 0.15) is 116 Å². The van der Waals surface area contributed by atoms with Crippen molar-refractivity contribution in [1.29, 1.82) is 0 Å². The van der Waals surface area contributed by atoms with Gasteiger partial charge in [0.15, 0.2) is 0 Å². The minimum atomic E-state index is -1.18. The van der Waals surface area contributed by atoms with Gasteiger partial charge in [-0.1, -0.05) is 77.0 Å². The number of carbonyl (C=O) groups is 7. The Kier molecular flexibility index (Phi) is 35.1. The maximum Gasteiger partial charge on any atom is 0.326 e. The Morgan fingerprint density at radius 3 is 1.37 bits per heavy atom. The Balaban J connectivity index is 3.66. The Bertz CT molecular complexity index is 1030. The summed E-state index contributed by atoms with van der Waals surface area (Å²) in [5.41, 5.74) is 0. The number of hydrogen-bond acceptors (Lipinski definition) is 11. The molecule has 0 aliphatic carbocycles. The van der Waals surface area contributed by atoms with Gasteiger partial charge in [0.1, 0.15) is 25.5 Å². The molecule has 0 aromatic heterocycles.